The first kappa shape index (κ1) is 14.6. The van der Waals surface area contributed by atoms with E-state index >= 15 is 0 Å². The number of nitrogens with one attached hydrogen (secondary N) is 1. The lowest BCUT2D eigenvalue weighted by Crippen LogP contribution is -2.43. The van der Waals surface area contributed by atoms with Crippen LogP contribution in [-0.2, 0) is 0 Å². The zero-order valence-corrected chi connectivity index (χ0v) is 13.7. The summed E-state index contributed by atoms with van der Waals surface area (Å²) in [5.41, 5.74) is 1.29. The van der Waals surface area contributed by atoms with Gasteiger partial charge in [0.05, 0.1) is 0 Å². The summed E-state index contributed by atoms with van der Waals surface area (Å²) in [6.45, 7) is 8.45. The molecule has 3 heterocycles. The molecule has 0 aliphatic carbocycles. The maximum Gasteiger partial charge on any atom is 0.185 e. The highest BCUT2D eigenvalue weighted by molar-refractivity contribution is 7.13. The van der Waals surface area contributed by atoms with E-state index in [-0.39, 0.29) is 0 Å². The Labute approximate surface area is 130 Å². The Hall–Kier alpha value is -1.33. The summed E-state index contributed by atoms with van der Waals surface area (Å²) < 4.78 is 5.64. The number of aryl methyl sites for hydroxylation is 2. The number of nitrogens with zero attached hydrogens (tertiary/aromatic N) is 2. The summed E-state index contributed by atoms with van der Waals surface area (Å²) in [7, 11) is 0. The first-order valence-corrected chi connectivity index (χ1v) is 8.49. The third kappa shape index (κ3) is 3.30. The highest BCUT2D eigenvalue weighted by atomic mass is 32.1. The molecule has 0 bridgehead atoms. The van der Waals surface area contributed by atoms with Gasteiger partial charge >= 0.3 is 0 Å². The van der Waals surface area contributed by atoms with Crippen LogP contribution in [0.4, 0.5) is 5.13 Å². The van der Waals surface area contributed by atoms with Crippen LogP contribution in [-0.4, -0.2) is 24.1 Å². The summed E-state index contributed by atoms with van der Waals surface area (Å²) in [6, 6.07) is 3.07. The molecule has 2 aromatic rings. The number of hydrogen-bond donors (Lipinski definition) is 1. The van der Waals surface area contributed by atoms with Gasteiger partial charge < -0.3 is 14.6 Å². The van der Waals surface area contributed by atoms with Crippen LogP contribution in [0, 0.1) is 13.8 Å². The molecule has 1 unspecified atom stereocenters. The molecule has 21 heavy (non-hydrogen) atoms. The molecule has 0 spiro atoms. The van der Waals surface area contributed by atoms with Crippen LogP contribution in [0.15, 0.2) is 22.1 Å². The first-order valence-electron chi connectivity index (χ1n) is 7.61. The molecular weight excluding hydrogens is 282 g/mol. The second-order valence-electron chi connectivity index (χ2n) is 5.83. The lowest BCUT2D eigenvalue weighted by atomic mass is 10.0. The molecule has 0 amide bonds. The van der Waals surface area contributed by atoms with Crippen molar-refractivity contribution in [2.75, 3.05) is 18.0 Å². The maximum atomic E-state index is 5.64. The summed E-state index contributed by atoms with van der Waals surface area (Å²) in [5.74, 6) is 2.03. The van der Waals surface area contributed by atoms with Gasteiger partial charge in [-0.1, -0.05) is 0 Å². The molecule has 0 radical (unpaired) electrons. The third-order valence-electron chi connectivity index (χ3n) is 4.22. The minimum Gasteiger partial charge on any atom is -0.466 e. The molecule has 1 saturated heterocycles. The molecule has 1 aliphatic rings. The minimum atomic E-state index is 0.346. The lowest BCUT2D eigenvalue weighted by molar-refractivity contribution is 0.377. The zero-order chi connectivity index (χ0) is 14.8. The Bertz CT molecular complexity index is 570. The van der Waals surface area contributed by atoms with E-state index in [0.717, 1.165) is 29.7 Å². The van der Waals surface area contributed by atoms with Gasteiger partial charge in [0.1, 0.15) is 11.5 Å². The number of thiazole rings is 1. The Morgan fingerprint density at radius 3 is 2.71 bits per heavy atom. The SMILES string of the molecule is Cc1cc(C(C)NC2CCN(c3nccs3)CC2)c(C)o1. The van der Waals surface area contributed by atoms with Crippen LogP contribution in [0.25, 0.3) is 0 Å². The molecule has 5 heteroatoms. The zero-order valence-electron chi connectivity index (χ0n) is 12.9. The Kier molecular flexibility index (Phi) is 4.31. The Morgan fingerprint density at radius 1 is 1.38 bits per heavy atom. The predicted octanol–water partition coefficient (Wildman–Crippen LogP) is 3.67. The fraction of sp³-hybridized carbons (Fsp3) is 0.562. The first-order chi connectivity index (χ1) is 10.1. The summed E-state index contributed by atoms with van der Waals surface area (Å²) in [5, 5.41) is 6.95. The van der Waals surface area contributed by atoms with Gasteiger partial charge in [-0.2, -0.15) is 0 Å². The molecular formula is C16H23N3OS. The molecule has 1 atom stereocenters. The van der Waals surface area contributed by atoms with Crippen LogP contribution < -0.4 is 10.2 Å². The van der Waals surface area contributed by atoms with Gasteiger partial charge in [0.25, 0.3) is 0 Å². The van der Waals surface area contributed by atoms with Crippen LogP contribution in [0.1, 0.15) is 42.9 Å². The molecule has 4 nitrogen and oxygen atoms in total. The number of furan rings is 1. The summed E-state index contributed by atoms with van der Waals surface area (Å²) >= 11 is 1.73. The van der Waals surface area contributed by atoms with E-state index in [9.17, 15) is 0 Å². The number of piperidine rings is 1. The van der Waals surface area contributed by atoms with E-state index in [4.69, 9.17) is 4.42 Å². The van der Waals surface area contributed by atoms with Crippen molar-refractivity contribution in [3.8, 4) is 0 Å². The van der Waals surface area contributed by atoms with Gasteiger partial charge in [-0.15, -0.1) is 11.3 Å². The van der Waals surface area contributed by atoms with Crippen LogP contribution in [0.2, 0.25) is 0 Å². The van der Waals surface area contributed by atoms with Gasteiger partial charge in [0.15, 0.2) is 5.13 Å². The molecule has 3 rings (SSSR count). The molecule has 2 aromatic heterocycles. The lowest BCUT2D eigenvalue weighted by Gasteiger charge is -2.33. The molecule has 114 valence electrons. The molecule has 0 aromatic carbocycles. The largest absolute Gasteiger partial charge is 0.466 e. The van der Waals surface area contributed by atoms with Crippen molar-refractivity contribution in [1.82, 2.24) is 10.3 Å². The van der Waals surface area contributed by atoms with E-state index in [1.807, 2.05) is 25.4 Å². The van der Waals surface area contributed by atoms with E-state index in [1.54, 1.807) is 11.3 Å². The predicted molar refractivity (Wildman–Crippen MR) is 87.1 cm³/mol. The van der Waals surface area contributed by atoms with Gasteiger partial charge in [-0.05, 0) is 39.7 Å². The smallest absolute Gasteiger partial charge is 0.185 e. The normalized spacial score (nSPS) is 18.1. The number of aromatic nitrogens is 1. The van der Waals surface area contributed by atoms with Crippen molar-refractivity contribution in [2.24, 2.45) is 0 Å². The fourth-order valence-corrected chi connectivity index (χ4v) is 3.83. The van der Waals surface area contributed by atoms with Crippen LogP contribution >= 0.6 is 11.3 Å². The van der Waals surface area contributed by atoms with E-state index in [0.29, 0.717) is 12.1 Å². The molecule has 1 aliphatic heterocycles. The number of rotatable bonds is 4. The van der Waals surface area contributed by atoms with Crippen LogP contribution in [0.3, 0.4) is 0 Å². The van der Waals surface area contributed by atoms with Crippen molar-refractivity contribution in [1.29, 1.82) is 0 Å². The second-order valence-corrected chi connectivity index (χ2v) is 6.71. The molecule has 0 saturated carbocycles. The highest BCUT2D eigenvalue weighted by Gasteiger charge is 2.23. The Morgan fingerprint density at radius 2 is 2.14 bits per heavy atom. The van der Waals surface area contributed by atoms with Crippen molar-refractivity contribution in [3.63, 3.8) is 0 Å². The van der Waals surface area contributed by atoms with Gasteiger partial charge in [-0.25, -0.2) is 4.98 Å². The summed E-state index contributed by atoms with van der Waals surface area (Å²) in [4.78, 5) is 6.79. The standard InChI is InChI=1S/C16H23N3OS/c1-11-10-15(13(3)20-11)12(2)18-14-4-7-19(8-5-14)16-17-6-9-21-16/h6,9-10,12,14,18H,4-5,7-8H2,1-3H3. The topological polar surface area (TPSA) is 41.3 Å². The maximum absolute atomic E-state index is 5.64. The van der Waals surface area contributed by atoms with Crippen molar-refractivity contribution < 1.29 is 4.42 Å². The van der Waals surface area contributed by atoms with Gasteiger partial charge in [0.2, 0.25) is 0 Å². The van der Waals surface area contributed by atoms with Crippen molar-refractivity contribution >= 4 is 16.5 Å². The second kappa shape index (κ2) is 6.20. The van der Waals surface area contributed by atoms with E-state index in [2.05, 4.69) is 28.2 Å². The fourth-order valence-electron chi connectivity index (χ4n) is 3.13. The van der Waals surface area contributed by atoms with Gasteiger partial charge in [-0.3, -0.25) is 0 Å². The molecule has 1 fully saturated rings. The monoisotopic (exact) mass is 305 g/mol. The van der Waals surface area contributed by atoms with Crippen LogP contribution in [0.5, 0.6) is 0 Å². The van der Waals surface area contributed by atoms with E-state index in [1.165, 1.54) is 18.4 Å². The number of anilines is 1. The van der Waals surface area contributed by atoms with Crippen molar-refractivity contribution in [2.45, 2.75) is 45.7 Å². The average Bonchev–Trinajstić information content (AvgIpc) is 3.09. The Balaban J connectivity index is 1.54. The summed E-state index contributed by atoms with van der Waals surface area (Å²) in [6.07, 6.45) is 4.22. The van der Waals surface area contributed by atoms with Crippen molar-refractivity contribution in [3.05, 3.63) is 34.7 Å². The van der Waals surface area contributed by atoms with Gasteiger partial charge in [0, 0.05) is 42.3 Å². The quantitative estimate of drug-likeness (QED) is 0.935. The molecule has 1 N–H and O–H groups in total. The number of hydrogen-bond acceptors (Lipinski definition) is 5. The van der Waals surface area contributed by atoms with E-state index < -0.39 is 0 Å². The third-order valence-corrected chi connectivity index (χ3v) is 5.05. The minimum absolute atomic E-state index is 0.346. The highest BCUT2D eigenvalue weighted by Crippen LogP contribution is 2.25. The average molecular weight is 305 g/mol.